The van der Waals surface area contributed by atoms with Gasteiger partial charge in [-0.15, -0.1) is 0 Å². The van der Waals surface area contributed by atoms with E-state index in [1.807, 2.05) is 0 Å². The Labute approximate surface area is 183 Å². The van der Waals surface area contributed by atoms with Crippen molar-refractivity contribution in [2.45, 2.75) is 39.7 Å². The zero-order valence-corrected chi connectivity index (χ0v) is 18.5. The maximum Gasteiger partial charge on any atom is 0.542 e. The number of rotatable bonds is 1. The van der Waals surface area contributed by atoms with E-state index in [1.165, 1.54) is 56.2 Å². The van der Waals surface area contributed by atoms with Gasteiger partial charge in [-0.1, -0.05) is 54.6 Å². The lowest BCUT2D eigenvalue weighted by atomic mass is 9.54. The van der Waals surface area contributed by atoms with Crippen molar-refractivity contribution in [3.63, 3.8) is 0 Å². The molecular formula is C27H25BN3+. The number of anilines is 2. The van der Waals surface area contributed by atoms with Gasteiger partial charge in [-0.25, -0.2) is 4.57 Å². The molecule has 0 aliphatic carbocycles. The predicted molar refractivity (Wildman–Crippen MR) is 127 cm³/mol. The Balaban J connectivity index is 1.66. The normalized spacial score (nSPS) is 16.4. The van der Waals surface area contributed by atoms with Gasteiger partial charge in [0.2, 0.25) is 0 Å². The third-order valence-corrected chi connectivity index (χ3v) is 7.71. The van der Waals surface area contributed by atoms with Crippen LogP contribution in [0.2, 0.25) is 0 Å². The maximum atomic E-state index is 2.63. The lowest BCUT2D eigenvalue weighted by Gasteiger charge is -2.41. The summed E-state index contributed by atoms with van der Waals surface area (Å²) in [5.41, 5.74) is 12.3. The van der Waals surface area contributed by atoms with Crippen LogP contribution in [0.15, 0.2) is 66.9 Å². The minimum Gasteiger partial charge on any atom is -0.338 e. The van der Waals surface area contributed by atoms with E-state index in [-0.39, 0.29) is 12.4 Å². The molecule has 0 atom stereocenters. The quantitative estimate of drug-likeness (QED) is 0.298. The third-order valence-electron chi connectivity index (χ3n) is 7.71. The molecule has 0 fully saturated rings. The Bertz CT molecular complexity index is 1410. The number of hydrogen-bond acceptors (Lipinski definition) is 1. The molecule has 31 heavy (non-hydrogen) atoms. The first-order chi connectivity index (χ1) is 15.0. The first kappa shape index (κ1) is 17.4. The van der Waals surface area contributed by atoms with Crippen molar-refractivity contribution in [2.75, 3.05) is 4.81 Å². The van der Waals surface area contributed by atoms with Gasteiger partial charge < -0.3 is 4.81 Å². The molecule has 150 valence electrons. The fourth-order valence-corrected chi connectivity index (χ4v) is 6.36. The molecule has 4 heteroatoms. The average molecular weight is 402 g/mol. The van der Waals surface area contributed by atoms with Crippen molar-refractivity contribution in [1.29, 1.82) is 0 Å². The molecule has 0 spiro atoms. The molecule has 3 nitrogen and oxygen atoms in total. The van der Waals surface area contributed by atoms with Crippen LogP contribution in [0.5, 0.6) is 0 Å². The van der Waals surface area contributed by atoms with Crippen LogP contribution in [0.25, 0.3) is 11.4 Å². The molecule has 4 aromatic rings. The number of fused-ring (bicyclic) bond motifs is 2. The maximum absolute atomic E-state index is 2.63. The van der Waals surface area contributed by atoms with Crippen LogP contribution >= 0.6 is 0 Å². The molecule has 4 heterocycles. The SMILES string of the molecule is Cc1cccc(C)c1N1B2c3ccccc3C(C)(C)c3c[n+]4c(n32)-c2c(cccc21)C4. The van der Waals surface area contributed by atoms with E-state index >= 15 is 0 Å². The van der Waals surface area contributed by atoms with E-state index in [1.54, 1.807) is 0 Å². The Morgan fingerprint density at radius 1 is 0.903 bits per heavy atom. The van der Waals surface area contributed by atoms with E-state index in [0.717, 1.165) is 6.54 Å². The summed E-state index contributed by atoms with van der Waals surface area (Å²) in [5.74, 6) is 1.37. The second-order valence-electron chi connectivity index (χ2n) is 9.84. The summed E-state index contributed by atoms with van der Waals surface area (Å²) in [5, 5.41) is 0. The van der Waals surface area contributed by atoms with Gasteiger partial charge in [0.1, 0.15) is 18.4 Å². The Morgan fingerprint density at radius 2 is 1.65 bits per heavy atom. The van der Waals surface area contributed by atoms with Crippen molar-refractivity contribution in [1.82, 2.24) is 4.48 Å². The minimum absolute atomic E-state index is 0.0384. The highest BCUT2D eigenvalue weighted by Gasteiger charge is 2.57. The van der Waals surface area contributed by atoms with Gasteiger partial charge >= 0.3 is 6.98 Å². The van der Waals surface area contributed by atoms with E-state index in [0.29, 0.717) is 0 Å². The number of benzene rings is 3. The highest BCUT2D eigenvalue weighted by molar-refractivity contribution is 6.78. The molecule has 0 bridgehead atoms. The molecule has 0 amide bonds. The van der Waals surface area contributed by atoms with Crippen molar-refractivity contribution in [3.8, 4) is 11.4 Å². The fraction of sp³-hybridized carbons (Fsp3) is 0.222. The van der Waals surface area contributed by atoms with Crippen LogP contribution in [-0.4, -0.2) is 11.5 Å². The molecule has 0 saturated heterocycles. The van der Waals surface area contributed by atoms with Crippen molar-refractivity contribution in [2.24, 2.45) is 0 Å². The predicted octanol–water partition coefficient (Wildman–Crippen LogP) is 4.46. The largest absolute Gasteiger partial charge is 0.542 e. The topological polar surface area (TPSA) is 12.1 Å². The van der Waals surface area contributed by atoms with E-state index < -0.39 is 0 Å². The molecular weight excluding hydrogens is 377 g/mol. The number of aryl methyl sites for hydroxylation is 2. The summed E-state index contributed by atoms with van der Waals surface area (Å²) >= 11 is 0. The Morgan fingerprint density at radius 3 is 2.45 bits per heavy atom. The lowest BCUT2D eigenvalue weighted by Crippen LogP contribution is -2.61. The van der Waals surface area contributed by atoms with Crippen LogP contribution < -0.4 is 14.8 Å². The Hall–Kier alpha value is -3.27. The summed E-state index contributed by atoms with van der Waals surface area (Å²) in [7, 11) is 0. The van der Waals surface area contributed by atoms with Crippen molar-refractivity contribution < 1.29 is 4.57 Å². The minimum atomic E-state index is -0.0384. The monoisotopic (exact) mass is 402 g/mol. The molecule has 3 aromatic carbocycles. The number of para-hydroxylation sites is 1. The molecule has 3 aliphatic heterocycles. The smallest absolute Gasteiger partial charge is 0.338 e. The van der Waals surface area contributed by atoms with Crippen LogP contribution in [0.4, 0.5) is 11.4 Å². The summed E-state index contributed by atoms with van der Waals surface area (Å²) in [6, 6.07) is 22.6. The molecule has 7 rings (SSSR count). The van der Waals surface area contributed by atoms with Gasteiger partial charge in [0.25, 0.3) is 5.82 Å². The molecule has 0 radical (unpaired) electrons. The highest BCUT2D eigenvalue weighted by atomic mass is 15.3. The second-order valence-corrected chi connectivity index (χ2v) is 9.84. The summed E-state index contributed by atoms with van der Waals surface area (Å²) in [6.45, 7) is 10.3. The van der Waals surface area contributed by atoms with E-state index in [9.17, 15) is 0 Å². The summed E-state index contributed by atoms with van der Waals surface area (Å²) in [4.78, 5) is 2.61. The summed E-state index contributed by atoms with van der Waals surface area (Å²) in [6.07, 6.45) is 2.41. The number of aromatic nitrogens is 2. The van der Waals surface area contributed by atoms with Crippen LogP contribution in [0.1, 0.15) is 41.8 Å². The molecule has 0 unspecified atom stereocenters. The first-order valence-corrected chi connectivity index (χ1v) is 11.2. The zero-order valence-electron chi connectivity index (χ0n) is 18.5. The van der Waals surface area contributed by atoms with Crippen LogP contribution in [-0.2, 0) is 12.0 Å². The average Bonchev–Trinajstić information content (AvgIpc) is 3.30. The number of hydrogen-bond donors (Lipinski definition) is 0. The van der Waals surface area contributed by atoms with Gasteiger partial charge in [0.15, 0.2) is 0 Å². The van der Waals surface area contributed by atoms with E-state index in [2.05, 4.69) is 108 Å². The van der Waals surface area contributed by atoms with Gasteiger partial charge in [-0.2, -0.15) is 0 Å². The van der Waals surface area contributed by atoms with Crippen molar-refractivity contribution in [3.05, 3.63) is 94.8 Å². The lowest BCUT2D eigenvalue weighted by molar-refractivity contribution is -0.671. The molecule has 1 aromatic heterocycles. The molecule has 3 aliphatic rings. The van der Waals surface area contributed by atoms with Crippen LogP contribution in [0, 0.1) is 13.8 Å². The van der Waals surface area contributed by atoms with Gasteiger partial charge in [0, 0.05) is 16.9 Å². The Kier molecular flexibility index (Phi) is 3.09. The van der Waals surface area contributed by atoms with Gasteiger partial charge in [-0.3, -0.25) is 4.48 Å². The fourth-order valence-electron chi connectivity index (χ4n) is 6.36. The van der Waals surface area contributed by atoms with Crippen LogP contribution in [0.3, 0.4) is 0 Å². The first-order valence-electron chi connectivity index (χ1n) is 11.2. The number of imidazole rings is 1. The van der Waals surface area contributed by atoms with Gasteiger partial charge in [-0.05, 0) is 55.9 Å². The zero-order chi connectivity index (χ0) is 21.1. The molecule has 0 N–H and O–H groups in total. The standard InChI is InChI=1S/C27H25BN3/c1-17-9-7-10-18(2)25(17)30-22-14-8-11-19-15-29-16-23-27(3,4)20-12-5-6-13-21(20)28(30)31(23)26(29)24(19)22/h5-14,16H,15H2,1-4H3/q+1. The van der Waals surface area contributed by atoms with Gasteiger partial charge in [0.05, 0.1) is 11.0 Å². The number of nitrogens with zero attached hydrogens (tertiary/aromatic N) is 3. The highest BCUT2D eigenvalue weighted by Crippen LogP contribution is 2.49. The third kappa shape index (κ3) is 1.94. The second kappa shape index (κ2) is 5.50. The summed E-state index contributed by atoms with van der Waals surface area (Å²) < 4.78 is 5.11. The van der Waals surface area contributed by atoms with E-state index in [4.69, 9.17) is 0 Å². The van der Waals surface area contributed by atoms with Crippen molar-refractivity contribution >= 4 is 23.8 Å². The molecule has 0 saturated carbocycles.